The van der Waals surface area contributed by atoms with E-state index in [2.05, 4.69) is 46.5 Å². The van der Waals surface area contributed by atoms with Gasteiger partial charge in [0.1, 0.15) is 0 Å². The minimum Gasteiger partial charge on any atom is -0.320 e. The highest BCUT2D eigenvalue weighted by atomic mass is 79.9. The molecule has 0 radical (unpaired) electrons. The second-order valence-electron chi connectivity index (χ2n) is 5.96. The maximum atomic E-state index is 12.2. The summed E-state index contributed by atoms with van der Waals surface area (Å²) in [6.07, 6.45) is 3.59. The monoisotopic (exact) mass is 317 g/mol. The Hall–Kier alpha value is -1.35. The molecule has 0 amide bonds. The lowest BCUT2D eigenvalue weighted by Crippen LogP contribution is -2.27. The molecule has 1 aliphatic carbocycles. The van der Waals surface area contributed by atoms with Gasteiger partial charge in [-0.15, -0.1) is 0 Å². The molecule has 98 valence electrons. The third-order valence-electron chi connectivity index (χ3n) is 3.68. The number of hydrogen-bond acceptors (Lipinski definition) is 1. The van der Waals surface area contributed by atoms with E-state index in [-0.39, 0.29) is 11.2 Å². The van der Waals surface area contributed by atoms with Gasteiger partial charge < -0.3 is 4.57 Å². The van der Waals surface area contributed by atoms with E-state index >= 15 is 0 Å². The molecule has 0 saturated heterocycles. The first-order valence-electron chi connectivity index (χ1n) is 6.46. The molecule has 3 rings (SSSR count). The van der Waals surface area contributed by atoms with Gasteiger partial charge in [0.05, 0.1) is 0 Å². The van der Waals surface area contributed by atoms with Crippen LogP contribution < -0.4 is 0 Å². The molecule has 0 spiro atoms. The van der Waals surface area contributed by atoms with Gasteiger partial charge in [0.15, 0.2) is 5.78 Å². The largest absolute Gasteiger partial charge is 0.320 e. The number of nitrogens with zero attached hydrogens (tertiary/aromatic N) is 1. The second kappa shape index (κ2) is 4.34. The average Bonchev–Trinajstić information content (AvgIpc) is 2.72. The van der Waals surface area contributed by atoms with Gasteiger partial charge in [-0.05, 0) is 42.2 Å². The summed E-state index contributed by atoms with van der Waals surface area (Å²) in [6.45, 7) is 4.32. The van der Waals surface area contributed by atoms with Gasteiger partial charge in [-0.1, -0.05) is 29.8 Å². The van der Waals surface area contributed by atoms with Gasteiger partial charge >= 0.3 is 0 Å². The molecule has 0 fully saturated rings. The molecule has 0 unspecified atom stereocenters. The lowest BCUT2D eigenvalue weighted by molar-refractivity contribution is 0.0911. The Labute approximate surface area is 121 Å². The van der Waals surface area contributed by atoms with E-state index in [1.807, 2.05) is 24.4 Å². The van der Waals surface area contributed by atoms with Crippen molar-refractivity contribution in [2.45, 2.75) is 26.7 Å². The van der Waals surface area contributed by atoms with Crippen LogP contribution in [0, 0.1) is 5.41 Å². The number of hydrogen-bond donors (Lipinski definition) is 0. The smallest absolute Gasteiger partial charge is 0.165 e. The summed E-state index contributed by atoms with van der Waals surface area (Å²) in [5.41, 5.74) is 3.19. The van der Waals surface area contributed by atoms with Crippen LogP contribution >= 0.6 is 15.9 Å². The standard InChI is InChI=1S/C16H16BrNO/c1-16(2)9-14-13(15(19)10-16)7-8-18(14)12-5-3-11(17)4-6-12/h3-8H,9-10H2,1-2H3. The molecule has 0 saturated carbocycles. The molecule has 0 N–H and O–H groups in total. The van der Waals surface area contributed by atoms with Crippen LogP contribution in [0.15, 0.2) is 41.0 Å². The van der Waals surface area contributed by atoms with Gasteiger partial charge in [-0.25, -0.2) is 0 Å². The van der Waals surface area contributed by atoms with E-state index in [0.29, 0.717) is 6.42 Å². The van der Waals surface area contributed by atoms with Gasteiger partial charge in [0, 0.05) is 34.0 Å². The van der Waals surface area contributed by atoms with Crippen LogP contribution in [0.4, 0.5) is 0 Å². The van der Waals surface area contributed by atoms with Gasteiger partial charge in [-0.2, -0.15) is 0 Å². The normalized spacial score (nSPS) is 17.3. The first-order valence-corrected chi connectivity index (χ1v) is 7.25. The molecule has 19 heavy (non-hydrogen) atoms. The Morgan fingerprint density at radius 1 is 1.11 bits per heavy atom. The summed E-state index contributed by atoms with van der Waals surface area (Å²) in [5, 5.41) is 0. The van der Waals surface area contributed by atoms with Crippen LogP contribution in [0.1, 0.15) is 36.3 Å². The number of fused-ring (bicyclic) bond motifs is 1. The highest BCUT2D eigenvalue weighted by Gasteiger charge is 2.33. The number of carbonyl (C=O) groups excluding carboxylic acids is 1. The molecular weight excluding hydrogens is 302 g/mol. The van der Waals surface area contributed by atoms with Crippen molar-refractivity contribution in [3.05, 3.63) is 52.3 Å². The number of benzene rings is 1. The molecule has 1 heterocycles. The van der Waals surface area contributed by atoms with Gasteiger partial charge in [0.25, 0.3) is 0 Å². The van der Waals surface area contributed by atoms with Gasteiger partial charge in [-0.3, -0.25) is 4.79 Å². The quantitative estimate of drug-likeness (QED) is 0.764. The van der Waals surface area contributed by atoms with Gasteiger partial charge in [0.2, 0.25) is 0 Å². The fourth-order valence-corrected chi connectivity index (χ4v) is 3.05. The molecule has 0 atom stereocenters. The minimum absolute atomic E-state index is 0.0511. The summed E-state index contributed by atoms with van der Waals surface area (Å²) in [7, 11) is 0. The predicted molar refractivity (Wildman–Crippen MR) is 79.9 cm³/mol. The summed E-state index contributed by atoms with van der Waals surface area (Å²) < 4.78 is 3.20. The Morgan fingerprint density at radius 3 is 2.47 bits per heavy atom. The first-order chi connectivity index (χ1) is 8.96. The molecule has 1 aromatic heterocycles. The zero-order valence-corrected chi connectivity index (χ0v) is 12.7. The van der Waals surface area contributed by atoms with E-state index in [1.165, 1.54) is 0 Å². The topological polar surface area (TPSA) is 22.0 Å². The minimum atomic E-state index is 0.0511. The van der Waals surface area contributed by atoms with Crippen molar-refractivity contribution in [1.29, 1.82) is 0 Å². The number of Topliss-reactive ketones (excluding diaryl/α,β-unsaturated/α-hetero) is 1. The van der Waals surface area contributed by atoms with Crippen LogP contribution in [0.5, 0.6) is 0 Å². The summed E-state index contributed by atoms with van der Waals surface area (Å²) in [4.78, 5) is 12.2. The van der Waals surface area contributed by atoms with Crippen LogP contribution in [-0.4, -0.2) is 10.4 Å². The van der Waals surface area contributed by atoms with Crippen LogP contribution in [0.25, 0.3) is 5.69 Å². The van der Waals surface area contributed by atoms with E-state index in [4.69, 9.17) is 0 Å². The number of ketones is 1. The third kappa shape index (κ3) is 2.27. The maximum absolute atomic E-state index is 12.2. The van der Waals surface area contributed by atoms with Crippen molar-refractivity contribution >= 4 is 21.7 Å². The van der Waals surface area contributed by atoms with E-state index in [0.717, 1.165) is 27.8 Å². The predicted octanol–water partition coefficient (Wildman–Crippen LogP) is 4.39. The fraction of sp³-hybridized carbons (Fsp3) is 0.312. The van der Waals surface area contributed by atoms with Crippen molar-refractivity contribution in [2.75, 3.05) is 0 Å². The van der Waals surface area contributed by atoms with Crippen molar-refractivity contribution in [3.8, 4) is 5.69 Å². The maximum Gasteiger partial charge on any atom is 0.165 e. The molecule has 3 heteroatoms. The van der Waals surface area contributed by atoms with E-state index < -0.39 is 0 Å². The Kier molecular flexibility index (Phi) is 2.90. The molecular formula is C16H16BrNO. The zero-order chi connectivity index (χ0) is 13.6. The molecule has 2 nitrogen and oxygen atoms in total. The van der Waals surface area contributed by atoms with Crippen molar-refractivity contribution in [3.63, 3.8) is 0 Å². The van der Waals surface area contributed by atoms with Crippen LogP contribution in [-0.2, 0) is 6.42 Å². The molecule has 1 aliphatic rings. The number of carbonyl (C=O) groups is 1. The zero-order valence-electron chi connectivity index (χ0n) is 11.1. The van der Waals surface area contributed by atoms with Crippen LogP contribution in [0.2, 0.25) is 0 Å². The second-order valence-corrected chi connectivity index (χ2v) is 6.88. The summed E-state index contributed by atoms with van der Waals surface area (Å²) in [5.74, 6) is 0.266. The Balaban J connectivity index is 2.11. The number of rotatable bonds is 1. The number of halogens is 1. The highest BCUT2D eigenvalue weighted by molar-refractivity contribution is 9.10. The van der Waals surface area contributed by atoms with E-state index in [9.17, 15) is 4.79 Å². The van der Waals surface area contributed by atoms with Crippen LogP contribution in [0.3, 0.4) is 0 Å². The summed E-state index contributed by atoms with van der Waals surface area (Å²) in [6, 6.07) is 10.1. The average molecular weight is 318 g/mol. The number of aromatic nitrogens is 1. The highest BCUT2D eigenvalue weighted by Crippen LogP contribution is 2.36. The SMILES string of the molecule is CC1(C)CC(=O)c2ccn(-c3ccc(Br)cc3)c2C1. The van der Waals surface area contributed by atoms with E-state index in [1.54, 1.807) is 0 Å². The summed E-state index contributed by atoms with van der Waals surface area (Å²) >= 11 is 3.45. The fourth-order valence-electron chi connectivity index (χ4n) is 2.79. The molecule has 2 aromatic rings. The first kappa shape index (κ1) is 12.7. The molecule has 0 aliphatic heterocycles. The lowest BCUT2D eigenvalue weighted by Gasteiger charge is -2.29. The molecule has 1 aromatic carbocycles. The van der Waals surface area contributed by atoms with Crippen molar-refractivity contribution in [1.82, 2.24) is 4.57 Å². The van der Waals surface area contributed by atoms with Crippen molar-refractivity contribution < 1.29 is 4.79 Å². The Morgan fingerprint density at radius 2 is 1.79 bits per heavy atom. The third-order valence-corrected chi connectivity index (χ3v) is 4.21. The molecule has 0 bridgehead atoms. The lowest BCUT2D eigenvalue weighted by atomic mass is 9.76. The Bertz CT molecular complexity index is 637. The van der Waals surface area contributed by atoms with Crippen molar-refractivity contribution in [2.24, 2.45) is 5.41 Å².